The lowest BCUT2D eigenvalue weighted by Gasteiger charge is -2.37. The lowest BCUT2D eigenvalue weighted by molar-refractivity contribution is -0.384. The maximum Gasteiger partial charge on any atom is 0.269 e. The number of fused-ring (bicyclic) bond motifs is 6. The molecule has 0 bridgehead atoms. The molecule has 200 valence electrons. The number of nitro groups is 1. The molecule has 9 heteroatoms. The Bertz CT molecular complexity index is 1790. The Labute approximate surface area is 234 Å². The number of carbonyl (C=O) groups is 3. The first-order valence-corrected chi connectivity index (χ1v) is 13.1. The SMILES string of the molecule is O=C(c1ccc([N+](=O)[O-])cc1)[C@@H]1[C@H](C(=O)c2cccnc2)[C@@]2(C(=O)Nc3ccccc32)[C@@H]2C=Cc3ccccc3N12. The van der Waals surface area contributed by atoms with Crippen molar-refractivity contribution in [2.75, 3.05) is 10.2 Å². The Hall–Kier alpha value is -5.44. The van der Waals surface area contributed by atoms with E-state index in [1.54, 1.807) is 24.4 Å². The van der Waals surface area contributed by atoms with Crippen LogP contribution in [0.3, 0.4) is 0 Å². The molecule has 3 aliphatic rings. The first kappa shape index (κ1) is 24.6. The predicted molar refractivity (Wildman–Crippen MR) is 152 cm³/mol. The largest absolute Gasteiger partial charge is 0.352 e. The van der Waals surface area contributed by atoms with Crippen molar-refractivity contribution in [2.45, 2.75) is 17.5 Å². The van der Waals surface area contributed by atoms with Crippen molar-refractivity contribution in [3.05, 3.63) is 136 Å². The highest BCUT2D eigenvalue weighted by atomic mass is 16.6. The number of carbonyl (C=O) groups excluding carboxylic acids is 3. The van der Waals surface area contributed by atoms with Crippen molar-refractivity contribution < 1.29 is 19.3 Å². The minimum atomic E-state index is -1.44. The third-order valence-corrected chi connectivity index (χ3v) is 8.40. The average molecular weight is 543 g/mol. The number of amides is 1. The third kappa shape index (κ3) is 3.42. The van der Waals surface area contributed by atoms with Gasteiger partial charge in [0.1, 0.15) is 11.5 Å². The fraction of sp³-hybridized carbons (Fsp3) is 0.125. The quantitative estimate of drug-likeness (QED) is 0.217. The van der Waals surface area contributed by atoms with E-state index in [1.165, 1.54) is 30.5 Å². The van der Waals surface area contributed by atoms with E-state index in [4.69, 9.17) is 0 Å². The van der Waals surface area contributed by atoms with Gasteiger partial charge in [0.05, 0.1) is 16.9 Å². The summed E-state index contributed by atoms with van der Waals surface area (Å²) >= 11 is 0. The summed E-state index contributed by atoms with van der Waals surface area (Å²) in [5.41, 5.74) is 1.71. The van der Waals surface area contributed by atoms with Gasteiger partial charge in [0, 0.05) is 47.0 Å². The lowest BCUT2D eigenvalue weighted by atomic mass is 9.64. The molecule has 1 amide bonds. The van der Waals surface area contributed by atoms with E-state index in [9.17, 15) is 24.5 Å². The van der Waals surface area contributed by atoms with E-state index < -0.39 is 34.1 Å². The van der Waals surface area contributed by atoms with Gasteiger partial charge in [-0.05, 0) is 47.5 Å². The number of hydrogen-bond donors (Lipinski definition) is 1. The highest BCUT2D eigenvalue weighted by molar-refractivity contribution is 6.18. The Morgan fingerprint density at radius 3 is 2.41 bits per heavy atom. The number of non-ortho nitro benzene ring substituents is 1. The van der Waals surface area contributed by atoms with Crippen LogP contribution in [0, 0.1) is 16.0 Å². The van der Waals surface area contributed by atoms with E-state index in [0.29, 0.717) is 11.3 Å². The van der Waals surface area contributed by atoms with Crippen LogP contribution < -0.4 is 10.2 Å². The third-order valence-electron chi connectivity index (χ3n) is 8.40. The standard InChI is InChI=1S/C32H22N4O5/c37-29(21-7-5-17-33-18-21)27-28(30(38)20-11-14-22(15-12-20)36(40)41)35-25-10-4-1-6-19(25)13-16-26(35)32(27)23-8-2-3-9-24(23)34-31(32)39/h1-18,26-28H,(H,34,39)/t26-,27+,28-,32-/m0/s1. The van der Waals surface area contributed by atoms with Crippen molar-refractivity contribution in [3.63, 3.8) is 0 Å². The Balaban J connectivity index is 1.51. The van der Waals surface area contributed by atoms with Crippen LogP contribution in [0.25, 0.3) is 6.08 Å². The van der Waals surface area contributed by atoms with E-state index >= 15 is 0 Å². The second kappa shape index (κ2) is 9.06. The molecule has 4 aromatic rings. The van der Waals surface area contributed by atoms with Crippen molar-refractivity contribution >= 4 is 40.6 Å². The minimum Gasteiger partial charge on any atom is -0.352 e. The number of Topliss-reactive ketones (excluding diaryl/α,β-unsaturated/α-hetero) is 2. The van der Waals surface area contributed by atoms with Crippen LogP contribution in [0.2, 0.25) is 0 Å². The van der Waals surface area contributed by atoms with Crippen molar-refractivity contribution in [3.8, 4) is 0 Å². The van der Waals surface area contributed by atoms with Crippen molar-refractivity contribution in [1.29, 1.82) is 0 Å². The zero-order valence-electron chi connectivity index (χ0n) is 21.5. The molecular weight excluding hydrogens is 520 g/mol. The number of nitro benzene ring substituents is 1. The second-order valence-corrected chi connectivity index (χ2v) is 10.3. The molecule has 1 saturated heterocycles. The van der Waals surface area contributed by atoms with Crippen LogP contribution in [0.15, 0.2) is 103 Å². The Morgan fingerprint density at radius 2 is 1.66 bits per heavy atom. The maximum absolute atomic E-state index is 14.6. The number of anilines is 2. The molecule has 1 spiro atoms. The zero-order valence-corrected chi connectivity index (χ0v) is 21.5. The molecule has 41 heavy (non-hydrogen) atoms. The van der Waals surface area contributed by atoms with Crippen LogP contribution in [-0.4, -0.2) is 39.5 Å². The molecular formula is C32H22N4O5. The van der Waals surface area contributed by atoms with Crippen molar-refractivity contribution in [1.82, 2.24) is 4.98 Å². The Kier molecular flexibility index (Phi) is 5.43. The average Bonchev–Trinajstić information content (AvgIpc) is 3.49. The van der Waals surface area contributed by atoms with Crippen LogP contribution in [0.1, 0.15) is 31.8 Å². The summed E-state index contributed by atoms with van der Waals surface area (Å²) in [7, 11) is 0. The Morgan fingerprint density at radius 1 is 0.902 bits per heavy atom. The van der Waals surface area contributed by atoms with Crippen LogP contribution in [-0.2, 0) is 10.2 Å². The van der Waals surface area contributed by atoms with Gasteiger partial charge in [-0.1, -0.05) is 48.6 Å². The molecule has 3 aromatic carbocycles. The summed E-state index contributed by atoms with van der Waals surface area (Å²) in [6.45, 7) is 0. The maximum atomic E-state index is 14.6. The number of para-hydroxylation sites is 2. The summed E-state index contributed by atoms with van der Waals surface area (Å²) < 4.78 is 0. The van der Waals surface area contributed by atoms with Crippen LogP contribution in [0.4, 0.5) is 17.1 Å². The first-order chi connectivity index (χ1) is 19.9. The van der Waals surface area contributed by atoms with Gasteiger partial charge in [-0.25, -0.2) is 0 Å². The molecule has 4 atom stereocenters. The van der Waals surface area contributed by atoms with Gasteiger partial charge in [-0.15, -0.1) is 0 Å². The highest BCUT2D eigenvalue weighted by Crippen LogP contribution is 2.58. The fourth-order valence-corrected chi connectivity index (χ4v) is 6.73. The number of nitrogens with one attached hydrogen (secondary N) is 1. The number of rotatable bonds is 5. The predicted octanol–water partition coefficient (Wildman–Crippen LogP) is 4.85. The topological polar surface area (TPSA) is 123 Å². The minimum absolute atomic E-state index is 0.152. The molecule has 4 heterocycles. The van der Waals surface area contributed by atoms with E-state index in [2.05, 4.69) is 10.3 Å². The van der Waals surface area contributed by atoms with Gasteiger partial charge in [-0.2, -0.15) is 0 Å². The van der Waals surface area contributed by atoms with E-state index in [1.807, 2.05) is 59.5 Å². The van der Waals surface area contributed by atoms with Gasteiger partial charge in [-0.3, -0.25) is 29.5 Å². The summed E-state index contributed by atoms with van der Waals surface area (Å²) in [6, 6.07) is 21.7. The zero-order chi connectivity index (χ0) is 28.3. The van der Waals surface area contributed by atoms with Gasteiger partial charge in [0.25, 0.3) is 5.69 Å². The van der Waals surface area contributed by atoms with Gasteiger partial charge >= 0.3 is 0 Å². The summed E-state index contributed by atoms with van der Waals surface area (Å²) in [5.74, 6) is -2.30. The second-order valence-electron chi connectivity index (χ2n) is 10.3. The normalized spacial score (nSPS) is 23.5. The molecule has 0 radical (unpaired) electrons. The number of benzene rings is 3. The smallest absolute Gasteiger partial charge is 0.269 e. The van der Waals surface area contributed by atoms with Gasteiger partial charge in [0.15, 0.2) is 11.6 Å². The first-order valence-electron chi connectivity index (χ1n) is 13.1. The summed E-state index contributed by atoms with van der Waals surface area (Å²) in [6.07, 6.45) is 6.83. The molecule has 1 aromatic heterocycles. The van der Waals surface area contributed by atoms with Crippen LogP contribution in [0.5, 0.6) is 0 Å². The van der Waals surface area contributed by atoms with Gasteiger partial charge in [0.2, 0.25) is 5.91 Å². The number of ketones is 2. The van der Waals surface area contributed by atoms with E-state index in [-0.39, 0.29) is 28.5 Å². The highest BCUT2D eigenvalue weighted by Gasteiger charge is 2.70. The fourth-order valence-electron chi connectivity index (χ4n) is 6.73. The van der Waals surface area contributed by atoms with Crippen LogP contribution >= 0.6 is 0 Å². The molecule has 0 unspecified atom stereocenters. The molecule has 0 saturated carbocycles. The molecule has 3 aliphatic heterocycles. The lowest BCUT2D eigenvalue weighted by Crippen LogP contribution is -2.51. The van der Waals surface area contributed by atoms with Gasteiger partial charge < -0.3 is 10.2 Å². The monoisotopic (exact) mass is 542 g/mol. The van der Waals surface area contributed by atoms with Crippen molar-refractivity contribution in [2.24, 2.45) is 5.92 Å². The summed E-state index contributed by atoms with van der Waals surface area (Å²) in [5, 5.41) is 14.3. The number of nitrogens with zero attached hydrogens (tertiary/aromatic N) is 3. The molecule has 0 aliphatic carbocycles. The molecule has 1 N–H and O–H groups in total. The summed E-state index contributed by atoms with van der Waals surface area (Å²) in [4.78, 5) is 60.2. The molecule has 7 rings (SSSR count). The molecule has 1 fully saturated rings. The number of pyridine rings is 1. The molecule has 9 nitrogen and oxygen atoms in total. The van der Waals surface area contributed by atoms with E-state index in [0.717, 1.165) is 11.3 Å². The number of hydrogen-bond acceptors (Lipinski definition) is 7. The number of aromatic nitrogens is 1.